The van der Waals surface area contributed by atoms with E-state index in [-0.39, 0.29) is 11.7 Å². The van der Waals surface area contributed by atoms with Gasteiger partial charge in [0, 0.05) is 11.9 Å². The Morgan fingerprint density at radius 1 is 1.53 bits per heavy atom. The van der Waals surface area contributed by atoms with Gasteiger partial charge in [0.15, 0.2) is 0 Å². The minimum Gasteiger partial charge on any atom is -0.334 e. The summed E-state index contributed by atoms with van der Waals surface area (Å²) in [6, 6.07) is 0. The third-order valence-electron chi connectivity index (χ3n) is 2.36. The van der Waals surface area contributed by atoms with Crippen molar-refractivity contribution in [2.24, 2.45) is 0 Å². The van der Waals surface area contributed by atoms with E-state index in [9.17, 15) is 4.79 Å². The van der Waals surface area contributed by atoms with Crippen molar-refractivity contribution >= 4 is 17.2 Å². The molecule has 0 aliphatic carbocycles. The lowest BCUT2D eigenvalue weighted by molar-refractivity contribution is 0.0774. The van der Waals surface area contributed by atoms with E-state index in [0.717, 1.165) is 10.6 Å². The van der Waals surface area contributed by atoms with E-state index in [1.165, 1.54) is 0 Å². The van der Waals surface area contributed by atoms with E-state index in [1.807, 2.05) is 6.92 Å². The average Bonchev–Trinajstić information content (AvgIpc) is 2.88. The molecule has 0 atom stereocenters. The normalized spacial score (nSPS) is 10.5. The summed E-state index contributed by atoms with van der Waals surface area (Å²) >= 11 is 1.54. The Morgan fingerprint density at radius 2 is 2.29 bits per heavy atom. The standard InChI is InChI=1S/C10H13N5OS/c1-6-8(17-5-11-6)4-15(3)10(16)9-12-7(2)13-14-9/h5H,4H2,1-3H3,(H,12,13,14). The second-order valence-electron chi connectivity index (χ2n) is 3.77. The Balaban J connectivity index is 2.08. The highest BCUT2D eigenvalue weighted by Gasteiger charge is 2.17. The number of aromatic amines is 1. The van der Waals surface area contributed by atoms with Gasteiger partial charge >= 0.3 is 0 Å². The molecule has 6 nitrogen and oxygen atoms in total. The maximum absolute atomic E-state index is 12.0. The number of nitrogens with zero attached hydrogens (tertiary/aromatic N) is 4. The smallest absolute Gasteiger partial charge is 0.293 e. The number of aromatic nitrogens is 4. The maximum atomic E-state index is 12.0. The quantitative estimate of drug-likeness (QED) is 0.888. The summed E-state index contributed by atoms with van der Waals surface area (Å²) in [4.78, 5) is 22.8. The molecule has 1 amide bonds. The Hall–Kier alpha value is -1.76. The van der Waals surface area contributed by atoms with E-state index in [2.05, 4.69) is 20.2 Å². The zero-order valence-corrected chi connectivity index (χ0v) is 10.7. The fourth-order valence-corrected chi connectivity index (χ4v) is 2.20. The molecule has 0 aliphatic heterocycles. The summed E-state index contributed by atoms with van der Waals surface area (Å²) in [7, 11) is 1.73. The van der Waals surface area contributed by atoms with Gasteiger partial charge in [0.1, 0.15) is 5.82 Å². The van der Waals surface area contributed by atoms with Gasteiger partial charge in [0.05, 0.1) is 17.7 Å². The second kappa shape index (κ2) is 4.62. The zero-order valence-electron chi connectivity index (χ0n) is 9.89. The number of nitrogens with one attached hydrogen (secondary N) is 1. The van der Waals surface area contributed by atoms with Crippen molar-refractivity contribution in [1.82, 2.24) is 25.1 Å². The van der Waals surface area contributed by atoms with E-state index in [1.54, 1.807) is 35.7 Å². The predicted molar refractivity (Wildman–Crippen MR) is 63.8 cm³/mol. The summed E-state index contributed by atoms with van der Waals surface area (Å²) in [5.74, 6) is 0.644. The van der Waals surface area contributed by atoms with E-state index < -0.39 is 0 Å². The number of aryl methyl sites for hydroxylation is 2. The molecule has 0 unspecified atom stereocenters. The van der Waals surface area contributed by atoms with Gasteiger partial charge in [-0.1, -0.05) is 0 Å². The molecule has 90 valence electrons. The summed E-state index contributed by atoms with van der Waals surface area (Å²) in [5.41, 5.74) is 2.74. The summed E-state index contributed by atoms with van der Waals surface area (Å²) in [6.07, 6.45) is 0. The molecule has 0 bridgehead atoms. The minimum atomic E-state index is -0.192. The van der Waals surface area contributed by atoms with Crippen LogP contribution in [0.25, 0.3) is 0 Å². The van der Waals surface area contributed by atoms with Crippen molar-refractivity contribution < 1.29 is 4.79 Å². The first kappa shape index (κ1) is 11.7. The topological polar surface area (TPSA) is 74.8 Å². The molecule has 0 spiro atoms. The van der Waals surface area contributed by atoms with Crippen LogP contribution in [0.3, 0.4) is 0 Å². The third-order valence-corrected chi connectivity index (χ3v) is 3.28. The number of H-pyrrole nitrogens is 1. The van der Waals surface area contributed by atoms with Gasteiger partial charge in [-0.25, -0.2) is 9.97 Å². The number of amides is 1. The van der Waals surface area contributed by atoms with Crippen LogP contribution in [0.5, 0.6) is 0 Å². The van der Waals surface area contributed by atoms with Crippen LogP contribution in [0.15, 0.2) is 5.51 Å². The van der Waals surface area contributed by atoms with Crippen LogP contribution in [0.2, 0.25) is 0 Å². The number of rotatable bonds is 3. The maximum Gasteiger partial charge on any atom is 0.293 e. The van der Waals surface area contributed by atoms with Crippen molar-refractivity contribution in [2.45, 2.75) is 20.4 Å². The first-order chi connectivity index (χ1) is 8.08. The molecular weight excluding hydrogens is 238 g/mol. The van der Waals surface area contributed by atoms with Crippen molar-refractivity contribution in [3.63, 3.8) is 0 Å². The van der Waals surface area contributed by atoms with Crippen molar-refractivity contribution in [2.75, 3.05) is 7.05 Å². The molecule has 17 heavy (non-hydrogen) atoms. The molecule has 0 aromatic carbocycles. The largest absolute Gasteiger partial charge is 0.334 e. The lowest BCUT2D eigenvalue weighted by Crippen LogP contribution is -2.27. The van der Waals surface area contributed by atoms with Gasteiger partial charge < -0.3 is 4.90 Å². The van der Waals surface area contributed by atoms with Crippen LogP contribution in [0.4, 0.5) is 0 Å². The molecule has 0 saturated carbocycles. The van der Waals surface area contributed by atoms with Crippen LogP contribution in [-0.2, 0) is 6.54 Å². The molecule has 0 fully saturated rings. The van der Waals surface area contributed by atoms with Crippen LogP contribution >= 0.6 is 11.3 Å². The summed E-state index contributed by atoms with van der Waals surface area (Å²) in [5, 5.41) is 6.51. The number of hydrogen-bond donors (Lipinski definition) is 1. The van der Waals surface area contributed by atoms with Crippen LogP contribution in [0, 0.1) is 13.8 Å². The van der Waals surface area contributed by atoms with Crippen molar-refractivity contribution in [3.8, 4) is 0 Å². The lowest BCUT2D eigenvalue weighted by Gasteiger charge is -2.14. The highest BCUT2D eigenvalue weighted by molar-refractivity contribution is 7.09. The monoisotopic (exact) mass is 251 g/mol. The van der Waals surface area contributed by atoms with Crippen molar-refractivity contribution in [1.29, 1.82) is 0 Å². The predicted octanol–water partition coefficient (Wildman–Crippen LogP) is 1.15. The Morgan fingerprint density at radius 3 is 2.82 bits per heavy atom. The van der Waals surface area contributed by atoms with Gasteiger partial charge in [-0.15, -0.1) is 16.4 Å². The van der Waals surface area contributed by atoms with Crippen LogP contribution in [-0.4, -0.2) is 38.0 Å². The molecule has 7 heteroatoms. The van der Waals surface area contributed by atoms with Gasteiger partial charge in [-0.2, -0.15) is 0 Å². The molecule has 0 aliphatic rings. The lowest BCUT2D eigenvalue weighted by atomic mass is 10.3. The third kappa shape index (κ3) is 2.50. The van der Waals surface area contributed by atoms with Gasteiger partial charge in [0.25, 0.3) is 5.91 Å². The zero-order chi connectivity index (χ0) is 12.4. The van der Waals surface area contributed by atoms with Crippen molar-refractivity contribution in [3.05, 3.63) is 27.7 Å². The molecule has 0 saturated heterocycles. The molecule has 2 rings (SSSR count). The molecule has 2 aromatic rings. The number of hydrogen-bond acceptors (Lipinski definition) is 5. The van der Waals surface area contributed by atoms with Crippen LogP contribution < -0.4 is 0 Å². The van der Waals surface area contributed by atoms with E-state index >= 15 is 0 Å². The number of carbonyl (C=O) groups is 1. The average molecular weight is 251 g/mol. The highest BCUT2D eigenvalue weighted by atomic mass is 32.1. The van der Waals surface area contributed by atoms with Crippen LogP contribution in [0.1, 0.15) is 27.0 Å². The van der Waals surface area contributed by atoms with E-state index in [0.29, 0.717) is 12.4 Å². The first-order valence-corrected chi connectivity index (χ1v) is 5.99. The van der Waals surface area contributed by atoms with Gasteiger partial charge in [-0.3, -0.25) is 9.89 Å². The molecule has 2 aromatic heterocycles. The minimum absolute atomic E-state index is 0.192. The highest BCUT2D eigenvalue weighted by Crippen LogP contribution is 2.14. The molecular formula is C10H13N5OS. The SMILES string of the molecule is Cc1nc(C(=O)N(C)Cc2scnc2C)n[nH]1. The van der Waals surface area contributed by atoms with Gasteiger partial charge in [-0.05, 0) is 13.8 Å². The fourth-order valence-electron chi connectivity index (χ4n) is 1.37. The summed E-state index contributed by atoms with van der Waals surface area (Å²) < 4.78 is 0. The van der Waals surface area contributed by atoms with E-state index in [4.69, 9.17) is 0 Å². The number of thiazole rings is 1. The van der Waals surface area contributed by atoms with Gasteiger partial charge in [0.2, 0.25) is 5.82 Å². The second-order valence-corrected chi connectivity index (χ2v) is 4.71. The first-order valence-electron chi connectivity index (χ1n) is 5.11. The Labute approximate surface area is 103 Å². The fraction of sp³-hybridized carbons (Fsp3) is 0.400. The molecule has 1 N–H and O–H groups in total. The molecule has 0 radical (unpaired) electrons. The molecule has 2 heterocycles. The Kier molecular flexibility index (Phi) is 3.19. The number of carbonyl (C=O) groups excluding carboxylic acids is 1. The Bertz CT molecular complexity index is 532. The summed E-state index contributed by atoms with van der Waals surface area (Å²) in [6.45, 7) is 4.22.